The van der Waals surface area contributed by atoms with Crippen molar-refractivity contribution in [2.24, 2.45) is 12.0 Å². The average Bonchev–Trinajstić information content (AvgIpc) is 3.08. The lowest BCUT2D eigenvalue weighted by molar-refractivity contribution is 0.305. The van der Waals surface area contributed by atoms with Crippen molar-refractivity contribution >= 4 is 5.84 Å². The highest BCUT2D eigenvalue weighted by Gasteiger charge is 2.13. The van der Waals surface area contributed by atoms with Gasteiger partial charge in [0.25, 0.3) is 0 Å². The smallest absolute Gasteiger partial charge is 0.132 e. The number of ether oxygens (including phenoxy) is 1. The molecule has 0 saturated heterocycles. The zero-order valence-electron chi connectivity index (χ0n) is 10.8. The number of nitrogens with zero attached hydrogens (tertiary/aromatic N) is 3. The van der Waals surface area contributed by atoms with Crippen molar-refractivity contribution in [3.63, 3.8) is 0 Å². The van der Waals surface area contributed by atoms with Gasteiger partial charge in [-0.1, -0.05) is 12.1 Å². The molecule has 0 spiro atoms. The Hall–Kier alpha value is -2.30. The van der Waals surface area contributed by atoms with Crippen LogP contribution in [0.1, 0.15) is 11.1 Å². The van der Waals surface area contributed by atoms with E-state index in [1.54, 1.807) is 4.68 Å². The second kappa shape index (κ2) is 5.14. The molecule has 1 aliphatic rings. The highest BCUT2D eigenvalue weighted by atomic mass is 16.5. The Morgan fingerprint density at radius 2 is 2.26 bits per heavy atom. The third kappa shape index (κ3) is 2.59. The molecule has 1 aliphatic heterocycles. The molecule has 5 nitrogen and oxygen atoms in total. The summed E-state index contributed by atoms with van der Waals surface area (Å²) in [4.78, 5) is 4.43. The van der Waals surface area contributed by atoms with E-state index < -0.39 is 0 Å². The number of aryl methyl sites for hydroxylation is 1. The Morgan fingerprint density at radius 3 is 3.00 bits per heavy atom. The lowest BCUT2D eigenvalue weighted by Crippen LogP contribution is -2.20. The van der Waals surface area contributed by atoms with Crippen LogP contribution in [0.4, 0.5) is 0 Å². The molecule has 1 aromatic heterocycles. The SMILES string of the molecule is Cn1cc(COc2ccccc2C2=NCCN2)cn1. The quantitative estimate of drug-likeness (QED) is 0.898. The molecule has 0 amide bonds. The molecule has 2 heterocycles. The summed E-state index contributed by atoms with van der Waals surface area (Å²) in [7, 11) is 1.90. The predicted octanol–water partition coefficient (Wildman–Crippen LogP) is 1.35. The standard InChI is InChI=1S/C14H16N4O/c1-18-9-11(8-17-18)10-19-13-5-3-2-4-12(13)14-15-6-7-16-14/h2-5,8-9H,6-7,10H2,1H3,(H,15,16). The number of aliphatic imine (C=N–C) groups is 1. The van der Waals surface area contributed by atoms with Crippen molar-refractivity contribution < 1.29 is 4.74 Å². The van der Waals surface area contributed by atoms with Gasteiger partial charge in [0.05, 0.1) is 18.3 Å². The maximum Gasteiger partial charge on any atom is 0.132 e. The summed E-state index contributed by atoms with van der Waals surface area (Å²) in [6, 6.07) is 7.95. The van der Waals surface area contributed by atoms with Crippen LogP contribution in [-0.2, 0) is 13.7 Å². The Balaban J connectivity index is 1.77. The first kappa shape index (κ1) is 11.8. The molecule has 0 aliphatic carbocycles. The fourth-order valence-corrected chi connectivity index (χ4v) is 2.07. The number of hydrogen-bond donors (Lipinski definition) is 1. The van der Waals surface area contributed by atoms with Gasteiger partial charge in [-0.25, -0.2) is 0 Å². The molecule has 0 saturated carbocycles. The molecular weight excluding hydrogens is 240 g/mol. The van der Waals surface area contributed by atoms with E-state index in [9.17, 15) is 0 Å². The number of nitrogens with one attached hydrogen (secondary N) is 1. The molecular formula is C14H16N4O. The zero-order chi connectivity index (χ0) is 13.1. The lowest BCUT2D eigenvalue weighted by Gasteiger charge is -2.10. The number of rotatable bonds is 4. The van der Waals surface area contributed by atoms with Gasteiger partial charge in [-0.2, -0.15) is 5.10 Å². The second-order valence-corrected chi connectivity index (χ2v) is 4.46. The first-order chi connectivity index (χ1) is 9.33. The summed E-state index contributed by atoms with van der Waals surface area (Å²) in [5.41, 5.74) is 2.07. The van der Waals surface area contributed by atoms with Gasteiger partial charge in [0, 0.05) is 25.4 Å². The minimum absolute atomic E-state index is 0.512. The maximum atomic E-state index is 5.87. The van der Waals surface area contributed by atoms with E-state index in [1.165, 1.54) is 0 Å². The van der Waals surface area contributed by atoms with Crippen LogP contribution in [-0.4, -0.2) is 28.7 Å². The summed E-state index contributed by atoms with van der Waals surface area (Å²) in [6.07, 6.45) is 3.77. The first-order valence-corrected chi connectivity index (χ1v) is 6.31. The van der Waals surface area contributed by atoms with E-state index in [0.717, 1.165) is 35.8 Å². The first-order valence-electron chi connectivity index (χ1n) is 6.31. The van der Waals surface area contributed by atoms with Crippen LogP contribution < -0.4 is 10.1 Å². The summed E-state index contributed by atoms with van der Waals surface area (Å²) in [6.45, 7) is 2.23. The molecule has 1 aromatic carbocycles. The largest absolute Gasteiger partial charge is 0.488 e. The van der Waals surface area contributed by atoms with Crippen LogP contribution in [0.2, 0.25) is 0 Å². The number of para-hydroxylation sites is 1. The van der Waals surface area contributed by atoms with Gasteiger partial charge in [0.2, 0.25) is 0 Å². The lowest BCUT2D eigenvalue weighted by atomic mass is 10.2. The molecule has 0 unspecified atom stereocenters. The Bertz CT molecular complexity index is 603. The number of benzene rings is 1. The van der Waals surface area contributed by atoms with Gasteiger partial charge >= 0.3 is 0 Å². The predicted molar refractivity (Wildman–Crippen MR) is 73.4 cm³/mol. The fourth-order valence-electron chi connectivity index (χ4n) is 2.07. The topological polar surface area (TPSA) is 51.4 Å². The summed E-state index contributed by atoms with van der Waals surface area (Å²) in [5, 5.41) is 7.40. The van der Waals surface area contributed by atoms with E-state index in [2.05, 4.69) is 15.4 Å². The van der Waals surface area contributed by atoms with Crippen LogP contribution in [0, 0.1) is 0 Å². The molecule has 0 radical (unpaired) electrons. The summed E-state index contributed by atoms with van der Waals surface area (Å²) in [5.74, 6) is 1.77. The number of aromatic nitrogens is 2. The molecule has 1 N–H and O–H groups in total. The highest BCUT2D eigenvalue weighted by Crippen LogP contribution is 2.20. The molecule has 0 fully saturated rings. The Morgan fingerprint density at radius 1 is 1.37 bits per heavy atom. The van der Waals surface area contributed by atoms with Crippen LogP contribution in [0.25, 0.3) is 0 Å². The van der Waals surface area contributed by atoms with Crippen molar-refractivity contribution in [3.05, 3.63) is 47.8 Å². The average molecular weight is 256 g/mol. The van der Waals surface area contributed by atoms with Crippen molar-refractivity contribution in [2.45, 2.75) is 6.61 Å². The van der Waals surface area contributed by atoms with E-state index >= 15 is 0 Å². The van der Waals surface area contributed by atoms with Crippen molar-refractivity contribution in [1.82, 2.24) is 15.1 Å². The third-order valence-electron chi connectivity index (χ3n) is 2.97. The van der Waals surface area contributed by atoms with E-state index in [0.29, 0.717) is 6.61 Å². The highest BCUT2D eigenvalue weighted by molar-refractivity contribution is 6.02. The minimum Gasteiger partial charge on any atom is -0.488 e. The van der Waals surface area contributed by atoms with Crippen molar-refractivity contribution in [3.8, 4) is 5.75 Å². The van der Waals surface area contributed by atoms with E-state index in [-0.39, 0.29) is 0 Å². The molecule has 5 heteroatoms. The Kier molecular flexibility index (Phi) is 3.18. The van der Waals surface area contributed by atoms with Gasteiger partial charge in [-0.3, -0.25) is 9.67 Å². The zero-order valence-corrected chi connectivity index (χ0v) is 10.8. The maximum absolute atomic E-state index is 5.87. The number of amidine groups is 1. The molecule has 2 aromatic rings. The number of hydrogen-bond acceptors (Lipinski definition) is 4. The minimum atomic E-state index is 0.512. The molecule has 19 heavy (non-hydrogen) atoms. The van der Waals surface area contributed by atoms with E-state index in [4.69, 9.17) is 4.74 Å². The van der Waals surface area contributed by atoms with Crippen LogP contribution >= 0.6 is 0 Å². The van der Waals surface area contributed by atoms with Gasteiger partial charge < -0.3 is 10.1 Å². The van der Waals surface area contributed by atoms with Crippen LogP contribution in [0.5, 0.6) is 5.75 Å². The monoisotopic (exact) mass is 256 g/mol. The van der Waals surface area contributed by atoms with Crippen LogP contribution in [0.15, 0.2) is 41.7 Å². The molecule has 3 rings (SSSR count). The van der Waals surface area contributed by atoms with Gasteiger partial charge in [0.15, 0.2) is 0 Å². The molecule has 98 valence electrons. The molecule has 0 atom stereocenters. The van der Waals surface area contributed by atoms with Gasteiger partial charge in [0.1, 0.15) is 18.2 Å². The van der Waals surface area contributed by atoms with Gasteiger partial charge in [-0.05, 0) is 12.1 Å². The molecule has 0 bridgehead atoms. The fraction of sp³-hybridized carbons (Fsp3) is 0.286. The summed E-state index contributed by atoms with van der Waals surface area (Å²) < 4.78 is 7.65. The normalized spacial score (nSPS) is 14.1. The third-order valence-corrected chi connectivity index (χ3v) is 2.97. The van der Waals surface area contributed by atoms with Crippen LogP contribution in [0.3, 0.4) is 0 Å². The summed E-state index contributed by atoms with van der Waals surface area (Å²) >= 11 is 0. The van der Waals surface area contributed by atoms with Crippen molar-refractivity contribution in [2.75, 3.05) is 13.1 Å². The Labute approximate surface area is 111 Å². The van der Waals surface area contributed by atoms with Gasteiger partial charge in [-0.15, -0.1) is 0 Å². The van der Waals surface area contributed by atoms with E-state index in [1.807, 2.05) is 43.7 Å². The second-order valence-electron chi connectivity index (χ2n) is 4.46. The van der Waals surface area contributed by atoms with Crippen molar-refractivity contribution in [1.29, 1.82) is 0 Å².